The fourth-order valence-electron chi connectivity index (χ4n) is 2.77. The number of Topliss-reactive ketones (excluding diaryl/α,β-unsaturated/α-hetero) is 4. The Kier molecular flexibility index (Phi) is 12.4. The molecule has 0 rings (SSSR count). The van der Waals surface area contributed by atoms with Crippen molar-refractivity contribution >= 4 is 47.0 Å². The molecule has 220 valence electrons. The summed E-state index contributed by atoms with van der Waals surface area (Å²) < 4.78 is 19.9. The van der Waals surface area contributed by atoms with E-state index >= 15 is 0 Å². The molecule has 0 aliphatic rings. The molecule has 12 heteroatoms. The Morgan fingerprint density at radius 2 is 0.692 bits per heavy atom. The van der Waals surface area contributed by atoms with Gasteiger partial charge < -0.3 is 18.9 Å². The van der Waals surface area contributed by atoms with E-state index in [0.29, 0.717) is 0 Å². The third kappa shape index (κ3) is 12.3. The first-order chi connectivity index (χ1) is 17.4. The summed E-state index contributed by atoms with van der Waals surface area (Å²) in [7, 11) is 0. The molecule has 0 aliphatic heterocycles. The van der Waals surface area contributed by atoms with Crippen LogP contribution in [0.15, 0.2) is 0 Å². The highest BCUT2D eigenvalue weighted by Crippen LogP contribution is 2.22. The number of hydrogen-bond donors (Lipinski definition) is 0. The minimum absolute atomic E-state index is 0.0708. The summed E-state index contributed by atoms with van der Waals surface area (Å²) in [6, 6.07) is 0. The predicted molar refractivity (Wildman–Crippen MR) is 135 cm³/mol. The van der Waals surface area contributed by atoms with Crippen LogP contribution < -0.4 is 0 Å². The van der Waals surface area contributed by atoms with Crippen molar-refractivity contribution < 1.29 is 57.3 Å². The average molecular weight is 557 g/mol. The van der Waals surface area contributed by atoms with E-state index in [4.69, 9.17) is 14.2 Å². The third-order valence-corrected chi connectivity index (χ3v) is 5.48. The molecular formula is C27H40O12. The van der Waals surface area contributed by atoms with Crippen LogP contribution in [0.25, 0.3) is 0 Å². The summed E-state index contributed by atoms with van der Waals surface area (Å²) in [6.45, 7) is 13.9. The molecule has 12 nitrogen and oxygen atoms in total. The highest BCUT2D eigenvalue weighted by molar-refractivity contribution is 6.06. The molecule has 0 fully saturated rings. The second kappa shape index (κ2) is 13.6. The smallest absolute Gasteiger partial charge is 0.314 e. The van der Waals surface area contributed by atoms with Crippen LogP contribution in [-0.2, 0) is 57.3 Å². The van der Waals surface area contributed by atoms with E-state index in [2.05, 4.69) is 4.74 Å². The normalized spacial score (nSPS) is 12.2. The molecule has 0 aromatic heterocycles. The molecule has 39 heavy (non-hydrogen) atoms. The Bertz CT molecular complexity index is 1010. The molecule has 0 amide bonds. The second-order valence-corrected chi connectivity index (χ2v) is 11.4. The lowest BCUT2D eigenvalue weighted by molar-refractivity contribution is -0.174. The van der Waals surface area contributed by atoms with Gasteiger partial charge in [0.05, 0.1) is 6.61 Å². The predicted octanol–water partition coefficient (Wildman–Crippen LogP) is 2.40. The van der Waals surface area contributed by atoms with Gasteiger partial charge in [0.2, 0.25) is 0 Å². The van der Waals surface area contributed by atoms with Crippen molar-refractivity contribution in [2.75, 3.05) is 6.61 Å². The van der Waals surface area contributed by atoms with E-state index in [1.165, 1.54) is 41.5 Å². The maximum Gasteiger partial charge on any atom is 0.314 e. The van der Waals surface area contributed by atoms with Gasteiger partial charge in [0.25, 0.3) is 0 Å². The zero-order valence-corrected chi connectivity index (χ0v) is 24.4. The monoisotopic (exact) mass is 556 g/mol. The summed E-state index contributed by atoms with van der Waals surface area (Å²) in [4.78, 5) is 97.8. The number of esters is 4. The van der Waals surface area contributed by atoms with Crippen LogP contribution in [0.1, 0.15) is 94.9 Å². The lowest BCUT2D eigenvalue weighted by atomic mass is 9.89. The number of ether oxygens (including phenoxy) is 4. The van der Waals surface area contributed by atoms with E-state index < -0.39 is 89.1 Å². The van der Waals surface area contributed by atoms with Crippen LogP contribution in [0.3, 0.4) is 0 Å². The summed E-state index contributed by atoms with van der Waals surface area (Å²) in [5.41, 5.74) is -6.11. The van der Waals surface area contributed by atoms with Crippen molar-refractivity contribution in [2.24, 2.45) is 5.41 Å². The molecule has 0 spiro atoms. The Morgan fingerprint density at radius 3 is 0.949 bits per heavy atom. The Balaban J connectivity index is 5.04. The first-order valence-corrected chi connectivity index (χ1v) is 12.4. The summed E-state index contributed by atoms with van der Waals surface area (Å²) >= 11 is 0. The van der Waals surface area contributed by atoms with Gasteiger partial charge in [0, 0.05) is 5.41 Å². The van der Waals surface area contributed by atoms with E-state index in [-0.39, 0.29) is 12.4 Å². The van der Waals surface area contributed by atoms with Crippen LogP contribution in [0, 0.1) is 5.41 Å². The number of ketones is 4. The highest BCUT2D eigenvalue weighted by Gasteiger charge is 2.40. The van der Waals surface area contributed by atoms with Crippen LogP contribution in [0.2, 0.25) is 0 Å². The van der Waals surface area contributed by atoms with Crippen LogP contribution in [0.5, 0.6) is 0 Å². The quantitative estimate of drug-likeness (QED) is 0.164. The maximum atomic E-state index is 12.6. The fourth-order valence-corrected chi connectivity index (χ4v) is 2.77. The average Bonchev–Trinajstić information content (AvgIpc) is 2.71. The lowest BCUT2D eigenvalue weighted by Gasteiger charge is -2.27. The zero-order chi connectivity index (χ0) is 31.0. The van der Waals surface area contributed by atoms with Gasteiger partial charge in [-0.15, -0.1) is 0 Å². The van der Waals surface area contributed by atoms with Gasteiger partial charge in [0.15, 0.2) is 34.2 Å². The molecule has 0 aromatic rings. The van der Waals surface area contributed by atoms with Gasteiger partial charge in [-0.1, -0.05) is 20.8 Å². The number of hydrogen-bond acceptors (Lipinski definition) is 12. The zero-order valence-electron chi connectivity index (χ0n) is 24.4. The minimum atomic E-state index is -1.85. The van der Waals surface area contributed by atoms with Crippen molar-refractivity contribution in [1.82, 2.24) is 0 Å². The summed E-state index contributed by atoms with van der Waals surface area (Å²) in [5, 5.41) is 0. The molecule has 0 unspecified atom stereocenters. The van der Waals surface area contributed by atoms with Gasteiger partial charge in [0.1, 0.15) is 31.5 Å². The standard InChI is InChI=1S/C27H40O12/c1-11-36-20(32)13-17(29)25(5,6)38-22(34)15-19(31)27(9,10)39-23(35)14-18(30)26(7,8)37-21(33)12-16(28)24(2,3)4/h11-15H2,1-10H3. The van der Waals surface area contributed by atoms with Crippen molar-refractivity contribution in [3.63, 3.8) is 0 Å². The Hall–Kier alpha value is -3.44. The Labute approximate surface area is 228 Å². The number of carbonyl (C=O) groups is 8. The van der Waals surface area contributed by atoms with Crippen molar-refractivity contribution in [2.45, 2.75) is 112 Å². The SMILES string of the molecule is CCOC(=O)CC(=O)C(C)(C)OC(=O)CC(=O)C(C)(C)OC(=O)CC(=O)C(C)(C)OC(=O)CC(=O)C(C)(C)C. The van der Waals surface area contributed by atoms with Crippen molar-refractivity contribution in [3.05, 3.63) is 0 Å². The molecule has 0 bridgehead atoms. The molecule has 0 aromatic carbocycles. The van der Waals surface area contributed by atoms with Crippen LogP contribution in [0.4, 0.5) is 0 Å². The number of carbonyl (C=O) groups excluding carboxylic acids is 8. The van der Waals surface area contributed by atoms with Crippen LogP contribution in [-0.4, -0.2) is 70.4 Å². The Morgan fingerprint density at radius 1 is 0.436 bits per heavy atom. The summed E-state index contributed by atoms with van der Waals surface area (Å²) in [5.74, 6) is -6.78. The van der Waals surface area contributed by atoms with Crippen molar-refractivity contribution in [1.29, 1.82) is 0 Å². The number of rotatable bonds is 15. The van der Waals surface area contributed by atoms with Gasteiger partial charge in [-0.05, 0) is 48.5 Å². The molecular weight excluding hydrogens is 516 g/mol. The molecule has 0 saturated carbocycles. The molecule has 0 aliphatic carbocycles. The minimum Gasteiger partial charge on any atom is -0.466 e. The van der Waals surface area contributed by atoms with Gasteiger partial charge >= 0.3 is 23.9 Å². The molecule has 0 atom stereocenters. The topological polar surface area (TPSA) is 173 Å². The fraction of sp³-hybridized carbons (Fsp3) is 0.704. The first-order valence-electron chi connectivity index (χ1n) is 12.4. The molecule has 0 saturated heterocycles. The second-order valence-electron chi connectivity index (χ2n) is 11.4. The van der Waals surface area contributed by atoms with E-state index in [9.17, 15) is 38.4 Å². The van der Waals surface area contributed by atoms with Gasteiger partial charge in [-0.2, -0.15) is 0 Å². The van der Waals surface area contributed by atoms with Gasteiger partial charge in [-0.3, -0.25) is 38.4 Å². The lowest BCUT2D eigenvalue weighted by Crippen LogP contribution is -2.43. The molecule has 0 heterocycles. The van der Waals surface area contributed by atoms with Crippen molar-refractivity contribution in [3.8, 4) is 0 Å². The molecule has 0 N–H and O–H groups in total. The van der Waals surface area contributed by atoms with Crippen LogP contribution >= 0.6 is 0 Å². The van der Waals surface area contributed by atoms with E-state index in [1.54, 1.807) is 27.7 Å². The van der Waals surface area contributed by atoms with E-state index in [1.807, 2.05) is 0 Å². The highest BCUT2D eigenvalue weighted by atomic mass is 16.6. The first kappa shape index (κ1) is 35.6. The third-order valence-electron chi connectivity index (χ3n) is 5.48. The molecule has 0 radical (unpaired) electrons. The van der Waals surface area contributed by atoms with E-state index in [0.717, 1.165) is 0 Å². The maximum absolute atomic E-state index is 12.6. The largest absolute Gasteiger partial charge is 0.466 e. The van der Waals surface area contributed by atoms with Gasteiger partial charge in [-0.25, -0.2) is 0 Å². The summed E-state index contributed by atoms with van der Waals surface area (Å²) in [6.07, 6.45) is -2.90.